The molecule has 0 spiro atoms. The number of methoxy groups -OCH3 is 1. The molecule has 0 bridgehead atoms. The van der Waals surface area contributed by atoms with Crippen LogP contribution in [-0.2, 0) is 17.9 Å². The minimum absolute atomic E-state index is 0.198. The molecule has 1 N–H and O–H groups in total. The van der Waals surface area contributed by atoms with Gasteiger partial charge in [-0.1, -0.05) is 12.1 Å². The van der Waals surface area contributed by atoms with Crippen LogP contribution in [0.15, 0.2) is 18.2 Å². The summed E-state index contributed by atoms with van der Waals surface area (Å²) in [5, 5.41) is 3.80. The van der Waals surface area contributed by atoms with Gasteiger partial charge >= 0.3 is 0 Å². The number of halogens is 1. The van der Waals surface area contributed by atoms with Gasteiger partial charge in [-0.05, 0) is 25.6 Å². The van der Waals surface area contributed by atoms with Crippen LogP contribution in [0.2, 0.25) is 0 Å². The lowest BCUT2D eigenvalue weighted by Crippen LogP contribution is -2.06. The highest BCUT2D eigenvalue weighted by Gasteiger charge is 2.15. The van der Waals surface area contributed by atoms with Gasteiger partial charge in [0.15, 0.2) is 0 Å². The highest BCUT2D eigenvalue weighted by Crippen LogP contribution is 2.31. The maximum absolute atomic E-state index is 14.1. The monoisotopic (exact) mass is 280 g/mol. The van der Waals surface area contributed by atoms with Crippen LogP contribution in [0.1, 0.15) is 16.1 Å². The van der Waals surface area contributed by atoms with E-state index in [0.29, 0.717) is 29.3 Å². The van der Waals surface area contributed by atoms with Gasteiger partial charge in [0.1, 0.15) is 10.8 Å². The molecule has 0 fully saturated rings. The summed E-state index contributed by atoms with van der Waals surface area (Å²) < 4.78 is 19.3. The predicted octanol–water partition coefficient (Wildman–Crippen LogP) is 3.12. The van der Waals surface area contributed by atoms with E-state index in [1.54, 1.807) is 26.2 Å². The maximum atomic E-state index is 14.1. The summed E-state index contributed by atoms with van der Waals surface area (Å²) in [6, 6.07) is 5.38. The predicted molar refractivity (Wildman–Crippen MR) is 75.7 cm³/mol. The van der Waals surface area contributed by atoms with E-state index in [1.165, 1.54) is 11.3 Å². The third-order valence-corrected chi connectivity index (χ3v) is 3.95. The lowest BCUT2D eigenvalue weighted by atomic mass is 10.1. The molecule has 3 nitrogen and oxygen atoms in total. The van der Waals surface area contributed by atoms with E-state index in [-0.39, 0.29) is 5.82 Å². The second-order valence-corrected chi connectivity index (χ2v) is 5.37. The van der Waals surface area contributed by atoms with Crippen LogP contribution in [0.3, 0.4) is 0 Å². The molecule has 1 aromatic carbocycles. The summed E-state index contributed by atoms with van der Waals surface area (Å²) in [6.45, 7) is 2.92. The van der Waals surface area contributed by atoms with Crippen LogP contribution in [0.25, 0.3) is 10.6 Å². The van der Waals surface area contributed by atoms with Gasteiger partial charge in [-0.25, -0.2) is 9.37 Å². The summed E-state index contributed by atoms with van der Waals surface area (Å²) in [4.78, 5) is 5.59. The van der Waals surface area contributed by atoms with Gasteiger partial charge in [-0.15, -0.1) is 11.3 Å². The molecule has 0 unspecified atom stereocenters. The Kier molecular flexibility index (Phi) is 4.63. The van der Waals surface area contributed by atoms with E-state index in [4.69, 9.17) is 4.74 Å². The van der Waals surface area contributed by atoms with Crippen molar-refractivity contribution in [2.45, 2.75) is 20.1 Å². The summed E-state index contributed by atoms with van der Waals surface area (Å²) in [6.07, 6.45) is 0. The first-order valence-corrected chi connectivity index (χ1v) is 6.86. The molecular formula is C14H17FN2OS. The van der Waals surface area contributed by atoms with Crippen molar-refractivity contribution in [1.29, 1.82) is 0 Å². The molecule has 0 atom stereocenters. The minimum atomic E-state index is -0.198. The van der Waals surface area contributed by atoms with Crippen LogP contribution in [0.5, 0.6) is 0 Å². The molecule has 19 heavy (non-hydrogen) atoms. The normalized spacial score (nSPS) is 10.9. The van der Waals surface area contributed by atoms with Crippen molar-refractivity contribution in [2.24, 2.45) is 0 Å². The molecule has 102 valence electrons. The third-order valence-electron chi connectivity index (χ3n) is 2.82. The zero-order chi connectivity index (χ0) is 13.8. The second-order valence-electron chi connectivity index (χ2n) is 4.29. The molecule has 0 aliphatic carbocycles. The quantitative estimate of drug-likeness (QED) is 0.913. The fraction of sp³-hybridized carbons (Fsp3) is 0.357. The summed E-state index contributed by atoms with van der Waals surface area (Å²) >= 11 is 1.51. The lowest BCUT2D eigenvalue weighted by Gasteiger charge is -2.01. The van der Waals surface area contributed by atoms with Crippen LogP contribution in [0, 0.1) is 12.7 Å². The number of benzene rings is 1. The van der Waals surface area contributed by atoms with Crippen molar-refractivity contribution in [1.82, 2.24) is 10.3 Å². The standard InChI is InChI=1S/C14H17FN2OS/c1-9-5-4-6-10(13(9)15)14-17-11(8-18-3)12(19-14)7-16-2/h4-6,16H,7-8H2,1-3H3. The number of hydrogen-bond donors (Lipinski definition) is 1. The van der Waals surface area contributed by atoms with E-state index in [2.05, 4.69) is 10.3 Å². The molecule has 2 rings (SSSR count). The van der Waals surface area contributed by atoms with Crippen LogP contribution >= 0.6 is 11.3 Å². The average molecular weight is 280 g/mol. The number of ether oxygens (including phenoxy) is 1. The fourth-order valence-electron chi connectivity index (χ4n) is 1.86. The van der Waals surface area contributed by atoms with Gasteiger partial charge in [0.25, 0.3) is 0 Å². The van der Waals surface area contributed by atoms with Gasteiger partial charge in [-0.3, -0.25) is 0 Å². The van der Waals surface area contributed by atoms with E-state index in [0.717, 1.165) is 10.6 Å². The second kappa shape index (κ2) is 6.23. The summed E-state index contributed by atoms with van der Waals surface area (Å²) in [5.41, 5.74) is 2.07. The first kappa shape index (κ1) is 14.1. The van der Waals surface area contributed by atoms with Crippen LogP contribution in [-0.4, -0.2) is 19.1 Å². The number of rotatable bonds is 5. The number of aryl methyl sites for hydroxylation is 1. The Morgan fingerprint density at radius 2 is 2.21 bits per heavy atom. The molecule has 5 heteroatoms. The Morgan fingerprint density at radius 1 is 1.42 bits per heavy atom. The maximum Gasteiger partial charge on any atom is 0.136 e. The Morgan fingerprint density at radius 3 is 2.89 bits per heavy atom. The largest absolute Gasteiger partial charge is 0.378 e. The number of nitrogens with zero attached hydrogens (tertiary/aromatic N) is 1. The number of hydrogen-bond acceptors (Lipinski definition) is 4. The minimum Gasteiger partial charge on any atom is -0.378 e. The van der Waals surface area contributed by atoms with E-state index < -0.39 is 0 Å². The SMILES string of the molecule is CNCc1sc(-c2cccc(C)c2F)nc1COC. The van der Waals surface area contributed by atoms with E-state index in [1.807, 2.05) is 13.1 Å². The topological polar surface area (TPSA) is 34.2 Å². The number of aromatic nitrogens is 1. The molecule has 0 aliphatic heterocycles. The van der Waals surface area contributed by atoms with Crippen molar-refractivity contribution in [3.8, 4) is 10.6 Å². The Bertz CT molecular complexity index is 545. The number of nitrogens with one attached hydrogen (secondary N) is 1. The van der Waals surface area contributed by atoms with Gasteiger partial charge in [0, 0.05) is 24.1 Å². The van der Waals surface area contributed by atoms with Crippen molar-refractivity contribution in [3.05, 3.63) is 40.2 Å². The highest BCUT2D eigenvalue weighted by molar-refractivity contribution is 7.15. The van der Waals surface area contributed by atoms with Crippen molar-refractivity contribution < 1.29 is 9.13 Å². The van der Waals surface area contributed by atoms with Crippen molar-refractivity contribution in [2.75, 3.05) is 14.2 Å². The van der Waals surface area contributed by atoms with Crippen molar-refractivity contribution >= 4 is 11.3 Å². The molecule has 0 amide bonds. The van der Waals surface area contributed by atoms with E-state index >= 15 is 0 Å². The van der Waals surface area contributed by atoms with Gasteiger partial charge < -0.3 is 10.1 Å². The fourth-order valence-corrected chi connectivity index (χ4v) is 2.96. The zero-order valence-corrected chi connectivity index (χ0v) is 12.1. The Balaban J connectivity index is 2.44. The highest BCUT2D eigenvalue weighted by atomic mass is 32.1. The number of thiazole rings is 1. The summed E-state index contributed by atoms with van der Waals surface area (Å²) in [7, 11) is 3.51. The van der Waals surface area contributed by atoms with Gasteiger partial charge in [0.2, 0.25) is 0 Å². The smallest absolute Gasteiger partial charge is 0.136 e. The molecule has 2 aromatic rings. The van der Waals surface area contributed by atoms with Crippen LogP contribution < -0.4 is 5.32 Å². The van der Waals surface area contributed by atoms with Gasteiger partial charge in [0.05, 0.1) is 12.3 Å². The molecule has 0 radical (unpaired) electrons. The third kappa shape index (κ3) is 3.00. The van der Waals surface area contributed by atoms with Crippen LogP contribution in [0.4, 0.5) is 4.39 Å². The Hall–Kier alpha value is -1.30. The van der Waals surface area contributed by atoms with E-state index in [9.17, 15) is 4.39 Å². The molecule has 1 aromatic heterocycles. The molecule has 1 heterocycles. The first-order chi connectivity index (χ1) is 9.17. The lowest BCUT2D eigenvalue weighted by molar-refractivity contribution is 0.181. The average Bonchev–Trinajstić information content (AvgIpc) is 2.77. The molecular weight excluding hydrogens is 263 g/mol. The zero-order valence-electron chi connectivity index (χ0n) is 11.3. The molecule has 0 aliphatic rings. The van der Waals surface area contributed by atoms with Gasteiger partial charge in [-0.2, -0.15) is 0 Å². The van der Waals surface area contributed by atoms with Crippen molar-refractivity contribution in [3.63, 3.8) is 0 Å². The molecule has 0 saturated heterocycles. The Labute approximate surface area is 116 Å². The first-order valence-electron chi connectivity index (χ1n) is 6.05. The summed E-state index contributed by atoms with van der Waals surface area (Å²) in [5.74, 6) is -0.198. The molecule has 0 saturated carbocycles.